The Morgan fingerprint density at radius 3 is 2.61 bits per heavy atom. The molecule has 0 radical (unpaired) electrons. The molecule has 0 aliphatic rings. The third kappa shape index (κ3) is 5.63. The molecule has 1 aromatic rings. The van der Waals surface area contributed by atoms with Gasteiger partial charge in [-0.1, -0.05) is 0 Å². The van der Waals surface area contributed by atoms with Gasteiger partial charge in [-0.2, -0.15) is 0 Å². The summed E-state index contributed by atoms with van der Waals surface area (Å²) in [5, 5.41) is 5.88. The van der Waals surface area contributed by atoms with Crippen LogP contribution in [0.1, 0.15) is 27.7 Å². The van der Waals surface area contributed by atoms with Gasteiger partial charge in [0.1, 0.15) is 0 Å². The van der Waals surface area contributed by atoms with Crippen LogP contribution in [0.4, 0.5) is 5.69 Å². The van der Waals surface area contributed by atoms with Gasteiger partial charge in [-0.15, -0.1) is 0 Å². The van der Waals surface area contributed by atoms with Gasteiger partial charge in [0.25, 0.3) is 0 Å². The minimum absolute atomic E-state index is 0.0750. The molecule has 2 N–H and O–H groups in total. The molecule has 5 heteroatoms. The lowest BCUT2D eigenvalue weighted by atomic mass is 10.1. The Morgan fingerprint density at radius 2 is 2.11 bits per heavy atom. The van der Waals surface area contributed by atoms with Gasteiger partial charge in [0.15, 0.2) is 0 Å². The molecule has 1 heterocycles. The molecule has 0 aromatic carbocycles. The minimum atomic E-state index is -0.0871. The van der Waals surface area contributed by atoms with Gasteiger partial charge >= 0.3 is 0 Å². The number of pyridine rings is 1. The number of nitrogens with zero attached hydrogens (tertiary/aromatic N) is 1. The zero-order valence-electron chi connectivity index (χ0n) is 11.4. The highest BCUT2D eigenvalue weighted by atomic mass is 16.5. The molecule has 0 bridgehead atoms. The Morgan fingerprint density at radius 1 is 1.39 bits per heavy atom. The highest BCUT2D eigenvalue weighted by molar-refractivity contribution is 5.92. The van der Waals surface area contributed by atoms with Crippen LogP contribution in [0.3, 0.4) is 0 Å². The van der Waals surface area contributed by atoms with E-state index in [2.05, 4.69) is 15.6 Å². The maximum atomic E-state index is 11.6. The fourth-order valence-corrected chi connectivity index (χ4v) is 1.24. The Hall–Kier alpha value is -1.62. The van der Waals surface area contributed by atoms with Crippen LogP contribution in [0, 0.1) is 0 Å². The third-order valence-electron chi connectivity index (χ3n) is 2.09. The molecular weight excluding hydrogens is 230 g/mol. The number of ether oxygens (including phenoxy) is 1. The van der Waals surface area contributed by atoms with Crippen molar-refractivity contribution in [1.82, 2.24) is 10.3 Å². The molecule has 100 valence electrons. The van der Waals surface area contributed by atoms with Crippen molar-refractivity contribution in [2.75, 3.05) is 18.5 Å². The van der Waals surface area contributed by atoms with E-state index in [9.17, 15) is 4.79 Å². The van der Waals surface area contributed by atoms with Gasteiger partial charge in [-0.3, -0.25) is 4.79 Å². The molecular formula is C13H21N3O2. The number of nitrogens with one attached hydrogen (secondary N) is 2. The van der Waals surface area contributed by atoms with Crippen molar-refractivity contribution < 1.29 is 9.53 Å². The van der Waals surface area contributed by atoms with Crippen LogP contribution in [0.2, 0.25) is 0 Å². The van der Waals surface area contributed by atoms with Gasteiger partial charge in [0, 0.05) is 11.6 Å². The van der Waals surface area contributed by atoms with Crippen LogP contribution in [0.15, 0.2) is 18.3 Å². The van der Waals surface area contributed by atoms with E-state index in [0.717, 1.165) is 0 Å². The van der Waals surface area contributed by atoms with Crippen LogP contribution in [-0.4, -0.2) is 29.6 Å². The molecule has 0 saturated heterocycles. The molecule has 0 aliphatic heterocycles. The van der Waals surface area contributed by atoms with Crippen LogP contribution < -0.4 is 15.4 Å². The molecule has 0 spiro atoms. The van der Waals surface area contributed by atoms with Gasteiger partial charge in [0.05, 0.1) is 25.0 Å². The summed E-state index contributed by atoms with van der Waals surface area (Å²) in [7, 11) is 0. The summed E-state index contributed by atoms with van der Waals surface area (Å²) in [6.45, 7) is 8.79. The van der Waals surface area contributed by atoms with E-state index >= 15 is 0 Å². The van der Waals surface area contributed by atoms with E-state index in [1.54, 1.807) is 18.3 Å². The largest absolute Gasteiger partial charge is 0.478 e. The summed E-state index contributed by atoms with van der Waals surface area (Å²) >= 11 is 0. The standard InChI is InChI=1S/C13H21N3O2/c1-5-18-12-7-6-10(8-14-12)16-11(17)9-15-13(2,3)4/h6-8,15H,5,9H2,1-4H3,(H,16,17). The Balaban J connectivity index is 2.44. The van der Waals surface area contributed by atoms with Crippen molar-refractivity contribution >= 4 is 11.6 Å². The van der Waals surface area contributed by atoms with Gasteiger partial charge in [0.2, 0.25) is 11.8 Å². The molecule has 1 amide bonds. The first-order chi connectivity index (χ1) is 8.40. The monoisotopic (exact) mass is 251 g/mol. The van der Waals surface area contributed by atoms with Gasteiger partial charge in [-0.25, -0.2) is 4.98 Å². The minimum Gasteiger partial charge on any atom is -0.478 e. The third-order valence-corrected chi connectivity index (χ3v) is 2.09. The summed E-state index contributed by atoms with van der Waals surface area (Å²) < 4.78 is 5.22. The summed E-state index contributed by atoms with van der Waals surface area (Å²) in [5.74, 6) is 0.471. The number of anilines is 1. The van der Waals surface area contributed by atoms with E-state index in [1.807, 2.05) is 27.7 Å². The Kier molecular flexibility index (Phi) is 5.09. The van der Waals surface area contributed by atoms with E-state index in [-0.39, 0.29) is 18.0 Å². The highest BCUT2D eigenvalue weighted by Crippen LogP contribution is 2.11. The second-order valence-electron chi connectivity index (χ2n) is 4.97. The quantitative estimate of drug-likeness (QED) is 0.837. The second-order valence-corrected chi connectivity index (χ2v) is 4.97. The molecule has 1 aromatic heterocycles. The van der Waals surface area contributed by atoms with Crippen molar-refractivity contribution in [3.05, 3.63) is 18.3 Å². The molecule has 0 unspecified atom stereocenters. The predicted molar refractivity (Wildman–Crippen MR) is 71.8 cm³/mol. The zero-order valence-corrected chi connectivity index (χ0v) is 11.4. The first-order valence-electron chi connectivity index (χ1n) is 6.04. The van der Waals surface area contributed by atoms with Crippen molar-refractivity contribution in [1.29, 1.82) is 0 Å². The van der Waals surface area contributed by atoms with Crippen molar-refractivity contribution in [2.45, 2.75) is 33.2 Å². The summed E-state index contributed by atoms with van der Waals surface area (Å²) in [4.78, 5) is 15.7. The molecule has 0 fully saturated rings. The number of carbonyl (C=O) groups is 1. The fourth-order valence-electron chi connectivity index (χ4n) is 1.24. The molecule has 1 rings (SSSR count). The van der Waals surface area contributed by atoms with Gasteiger partial charge < -0.3 is 15.4 Å². The van der Waals surface area contributed by atoms with Crippen molar-refractivity contribution in [2.24, 2.45) is 0 Å². The predicted octanol–water partition coefficient (Wildman–Crippen LogP) is 1.81. The Labute approximate surface area is 108 Å². The topological polar surface area (TPSA) is 63.2 Å². The SMILES string of the molecule is CCOc1ccc(NC(=O)CNC(C)(C)C)cn1. The normalized spacial score (nSPS) is 11.1. The zero-order chi connectivity index (χ0) is 13.6. The summed E-state index contributed by atoms with van der Waals surface area (Å²) in [5.41, 5.74) is 0.591. The van der Waals surface area contributed by atoms with Crippen LogP contribution in [-0.2, 0) is 4.79 Å². The lowest BCUT2D eigenvalue weighted by Gasteiger charge is -2.19. The second kappa shape index (κ2) is 6.35. The smallest absolute Gasteiger partial charge is 0.238 e. The summed E-state index contributed by atoms with van der Waals surface area (Å²) in [6.07, 6.45) is 1.58. The highest BCUT2D eigenvalue weighted by Gasteiger charge is 2.11. The molecule has 0 saturated carbocycles. The number of amides is 1. The first-order valence-corrected chi connectivity index (χ1v) is 6.04. The summed E-state index contributed by atoms with van der Waals surface area (Å²) in [6, 6.07) is 3.50. The van der Waals surface area contributed by atoms with E-state index in [1.165, 1.54) is 0 Å². The molecule has 0 aliphatic carbocycles. The van der Waals surface area contributed by atoms with E-state index in [4.69, 9.17) is 4.74 Å². The maximum absolute atomic E-state index is 11.6. The van der Waals surface area contributed by atoms with Crippen molar-refractivity contribution in [3.63, 3.8) is 0 Å². The number of carbonyl (C=O) groups excluding carboxylic acids is 1. The lowest BCUT2D eigenvalue weighted by Crippen LogP contribution is -2.41. The van der Waals surface area contributed by atoms with Crippen molar-refractivity contribution in [3.8, 4) is 5.88 Å². The average molecular weight is 251 g/mol. The number of hydrogen-bond acceptors (Lipinski definition) is 4. The van der Waals surface area contributed by atoms with E-state index < -0.39 is 0 Å². The van der Waals surface area contributed by atoms with Crippen LogP contribution in [0.5, 0.6) is 5.88 Å². The van der Waals surface area contributed by atoms with Crippen LogP contribution >= 0.6 is 0 Å². The number of rotatable bonds is 5. The first kappa shape index (κ1) is 14.4. The molecule has 5 nitrogen and oxygen atoms in total. The number of hydrogen-bond donors (Lipinski definition) is 2. The van der Waals surface area contributed by atoms with E-state index in [0.29, 0.717) is 18.2 Å². The maximum Gasteiger partial charge on any atom is 0.238 e. The van der Waals surface area contributed by atoms with Crippen LogP contribution in [0.25, 0.3) is 0 Å². The lowest BCUT2D eigenvalue weighted by molar-refractivity contribution is -0.115. The Bertz CT molecular complexity index is 382. The fraction of sp³-hybridized carbons (Fsp3) is 0.538. The number of aromatic nitrogens is 1. The molecule has 18 heavy (non-hydrogen) atoms. The van der Waals surface area contributed by atoms with Gasteiger partial charge in [-0.05, 0) is 33.8 Å². The molecule has 0 atom stereocenters. The average Bonchev–Trinajstić information content (AvgIpc) is 2.29.